The Morgan fingerprint density at radius 1 is 0.948 bits per heavy atom. The van der Waals surface area contributed by atoms with Crippen LogP contribution in [0.2, 0.25) is 0 Å². The third-order valence-electron chi connectivity index (χ3n) is 14.0. The summed E-state index contributed by atoms with van der Waals surface area (Å²) in [4.78, 5) is 18.8. The van der Waals surface area contributed by atoms with Gasteiger partial charge in [0.1, 0.15) is 29.0 Å². The Morgan fingerprint density at radius 2 is 1.59 bits per heavy atom. The maximum Gasteiger partial charge on any atom is 0.311 e. The molecule has 0 aromatic carbocycles. The molecule has 3 heterocycles. The molecule has 3 fully saturated rings. The fraction of sp³-hybridized carbons (Fsp3) is 0.977. The molecule has 0 spiro atoms. The summed E-state index contributed by atoms with van der Waals surface area (Å²) in [6.07, 6.45) is -4.85. The Bertz CT molecular complexity index is 1280. The van der Waals surface area contributed by atoms with E-state index >= 15 is 0 Å². The third kappa shape index (κ3) is 11.3. The molecule has 0 saturated carbocycles. The molecule has 0 bridgehead atoms. The number of nitrogens with zero attached hydrogens (tertiary/aromatic N) is 2. The molecular weight excluding hydrogens is 746 g/mol. The maximum absolute atomic E-state index is 14.5. The Kier molecular flexibility index (Phi) is 18.5. The van der Waals surface area contributed by atoms with Crippen LogP contribution in [0.3, 0.4) is 0 Å². The third-order valence-corrected chi connectivity index (χ3v) is 14.0. The van der Waals surface area contributed by atoms with Crippen molar-refractivity contribution in [1.29, 1.82) is 0 Å². The first-order valence-corrected chi connectivity index (χ1v) is 22.1. The summed E-state index contributed by atoms with van der Waals surface area (Å²) < 4.78 is 39.2. The second-order valence-corrected chi connectivity index (χ2v) is 19.4. The SMILES string of the molecule is CCCN1C[C@H](C)[C@@H](O)[C@](C)(O)[C@@H](CC)OC(=O)[C@H](C)[C@H](O[C@@H]2C[C@](C)(OC)[C@@](O)(CNCC)[C@H](C)O2)[C@H](C)[C@@H](O[C@@H]2O[C@H](C)C[C@H](N(C)C)[C@H]2O)C(C)(C)C[C@H]1C. The molecule has 58 heavy (non-hydrogen) atoms. The number of hydrogen-bond acceptors (Lipinski definition) is 14. The monoisotopic (exact) mass is 832 g/mol. The number of ether oxygens (including phenoxy) is 6. The molecule has 0 aromatic rings. The first kappa shape index (κ1) is 51.3. The van der Waals surface area contributed by atoms with Crippen molar-refractivity contribution >= 4 is 5.97 Å². The average molecular weight is 832 g/mol. The highest BCUT2D eigenvalue weighted by Crippen LogP contribution is 2.45. The van der Waals surface area contributed by atoms with Gasteiger partial charge in [-0.1, -0.05) is 48.5 Å². The number of cyclic esters (lactones) is 1. The lowest BCUT2D eigenvalue weighted by Crippen LogP contribution is -2.70. The highest BCUT2D eigenvalue weighted by atomic mass is 16.7. The number of methoxy groups -OCH3 is 1. The molecule has 14 heteroatoms. The first-order valence-electron chi connectivity index (χ1n) is 22.1. The Labute approximate surface area is 351 Å². The van der Waals surface area contributed by atoms with E-state index in [0.717, 1.165) is 13.0 Å². The summed E-state index contributed by atoms with van der Waals surface area (Å²) in [5.74, 6) is -2.41. The van der Waals surface area contributed by atoms with Gasteiger partial charge in [0, 0.05) is 44.6 Å². The lowest BCUT2D eigenvalue weighted by molar-refractivity contribution is -0.334. The molecule has 3 saturated heterocycles. The van der Waals surface area contributed by atoms with Crippen molar-refractivity contribution in [3.05, 3.63) is 0 Å². The predicted octanol–water partition coefficient (Wildman–Crippen LogP) is 3.94. The highest BCUT2D eigenvalue weighted by Gasteiger charge is 2.58. The number of likely N-dealkylation sites (N-methyl/N-ethyl adjacent to an activating group) is 2. The van der Waals surface area contributed by atoms with Gasteiger partial charge in [-0.3, -0.25) is 4.79 Å². The van der Waals surface area contributed by atoms with Gasteiger partial charge in [-0.15, -0.1) is 0 Å². The van der Waals surface area contributed by atoms with Crippen molar-refractivity contribution in [2.45, 2.75) is 206 Å². The van der Waals surface area contributed by atoms with Gasteiger partial charge in [0.2, 0.25) is 0 Å². The van der Waals surface area contributed by atoms with Crippen molar-refractivity contribution in [3.63, 3.8) is 0 Å². The summed E-state index contributed by atoms with van der Waals surface area (Å²) in [5, 5.41) is 50.7. The van der Waals surface area contributed by atoms with Gasteiger partial charge in [-0.05, 0) is 106 Å². The number of rotatable bonds is 12. The van der Waals surface area contributed by atoms with E-state index in [1.165, 1.54) is 0 Å². The Morgan fingerprint density at radius 3 is 2.14 bits per heavy atom. The van der Waals surface area contributed by atoms with Crippen molar-refractivity contribution < 1.29 is 53.6 Å². The molecule has 0 unspecified atom stereocenters. The van der Waals surface area contributed by atoms with Crippen molar-refractivity contribution in [1.82, 2.24) is 15.1 Å². The minimum atomic E-state index is -1.74. The normalized spacial score (nSPS) is 45.4. The van der Waals surface area contributed by atoms with Crippen LogP contribution < -0.4 is 5.32 Å². The molecular formula is C44H85N3O11. The van der Waals surface area contributed by atoms with Crippen LogP contribution in [0, 0.1) is 23.2 Å². The van der Waals surface area contributed by atoms with E-state index in [2.05, 4.69) is 37.9 Å². The van der Waals surface area contributed by atoms with E-state index < -0.39 is 89.2 Å². The van der Waals surface area contributed by atoms with E-state index in [1.54, 1.807) is 27.9 Å². The summed E-state index contributed by atoms with van der Waals surface area (Å²) in [5.41, 5.74) is -4.82. The minimum absolute atomic E-state index is 0.0135. The zero-order valence-electron chi connectivity index (χ0n) is 39.0. The van der Waals surface area contributed by atoms with Crippen LogP contribution in [0.1, 0.15) is 122 Å². The lowest BCUT2D eigenvalue weighted by atomic mass is 9.72. The molecule has 342 valence electrons. The topological polar surface area (TPSA) is 172 Å². The van der Waals surface area contributed by atoms with Crippen LogP contribution in [-0.4, -0.2) is 168 Å². The van der Waals surface area contributed by atoms with E-state index in [0.29, 0.717) is 25.9 Å². The average Bonchev–Trinajstić information content (AvgIpc) is 3.15. The first-order chi connectivity index (χ1) is 26.8. The van der Waals surface area contributed by atoms with Crippen LogP contribution in [0.5, 0.6) is 0 Å². The van der Waals surface area contributed by atoms with Gasteiger partial charge >= 0.3 is 5.97 Å². The molecule has 3 aliphatic heterocycles. The van der Waals surface area contributed by atoms with E-state index in [4.69, 9.17) is 28.4 Å². The van der Waals surface area contributed by atoms with Gasteiger partial charge in [0.05, 0.1) is 36.4 Å². The van der Waals surface area contributed by atoms with E-state index in [-0.39, 0.29) is 43.5 Å². The molecule has 17 atom stereocenters. The van der Waals surface area contributed by atoms with Gasteiger partial charge in [-0.2, -0.15) is 0 Å². The van der Waals surface area contributed by atoms with Crippen LogP contribution in [-0.2, 0) is 33.2 Å². The second kappa shape index (κ2) is 20.9. The largest absolute Gasteiger partial charge is 0.459 e. The number of hydrogen-bond donors (Lipinski definition) is 5. The Hall–Kier alpha value is -1.01. The van der Waals surface area contributed by atoms with E-state index in [1.807, 2.05) is 60.5 Å². The summed E-state index contributed by atoms with van der Waals surface area (Å²) >= 11 is 0. The van der Waals surface area contributed by atoms with Crippen molar-refractivity contribution in [2.24, 2.45) is 23.2 Å². The molecule has 0 aromatic heterocycles. The summed E-state index contributed by atoms with van der Waals surface area (Å²) in [6.45, 7) is 27.4. The fourth-order valence-electron chi connectivity index (χ4n) is 10.2. The maximum atomic E-state index is 14.5. The number of aliphatic hydroxyl groups is 4. The number of carbonyl (C=O) groups is 1. The smallest absolute Gasteiger partial charge is 0.311 e. The zero-order chi connectivity index (χ0) is 44.1. The Balaban J connectivity index is 2.23. The van der Waals surface area contributed by atoms with Crippen molar-refractivity contribution in [3.8, 4) is 0 Å². The minimum Gasteiger partial charge on any atom is -0.459 e. The number of nitrogens with one attached hydrogen (secondary N) is 1. The summed E-state index contributed by atoms with van der Waals surface area (Å²) in [7, 11) is 5.45. The molecule has 5 N–H and O–H groups in total. The zero-order valence-corrected chi connectivity index (χ0v) is 39.0. The van der Waals surface area contributed by atoms with Crippen LogP contribution >= 0.6 is 0 Å². The summed E-state index contributed by atoms with van der Waals surface area (Å²) in [6, 6.07) is -0.189. The second-order valence-electron chi connectivity index (χ2n) is 19.4. The molecule has 3 aliphatic rings. The van der Waals surface area contributed by atoms with Gasteiger partial charge < -0.3 is 64.0 Å². The van der Waals surface area contributed by atoms with Gasteiger partial charge in [-0.25, -0.2) is 0 Å². The van der Waals surface area contributed by atoms with Crippen molar-refractivity contribution in [2.75, 3.05) is 47.4 Å². The lowest BCUT2D eigenvalue weighted by Gasteiger charge is -2.54. The highest BCUT2D eigenvalue weighted by molar-refractivity contribution is 5.73. The number of aliphatic hydroxyl groups excluding tert-OH is 2. The number of esters is 1. The van der Waals surface area contributed by atoms with E-state index in [9.17, 15) is 25.2 Å². The van der Waals surface area contributed by atoms with Crippen LogP contribution in [0.25, 0.3) is 0 Å². The molecule has 14 nitrogen and oxygen atoms in total. The predicted molar refractivity (Wildman–Crippen MR) is 224 cm³/mol. The van der Waals surface area contributed by atoms with Gasteiger partial charge in [0.25, 0.3) is 0 Å². The molecule has 3 rings (SSSR count). The van der Waals surface area contributed by atoms with Gasteiger partial charge in [0.15, 0.2) is 12.6 Å². The molecule has 0 amide bonds. The fourth-order valence-corrected chi connectivity index (χ4v) is 10.2. The molecule has 0 aliphatic carbocycles. The quantitative estimate of drug-likeness (QED) is 0.179. The standard InChI is InChI=1S/C44H85N3O11/c1-17-20-47-24-26(4)37(49)43(13,51)33(18-2)56-39(50)30(8)36(57-34-23-42(12,53-16)44(52,25-45-19-3)31(9)55-34)29(7)38(41(10,11)22-27(47)5)58-40-35(48)32(46(14)15)21-28(6)54-40/h26-38,40,45,48-49,51-52H,17-25H2,1-16H3/t26-,27+,28+,29-,30+,31-,32-,33+,34+,35+,36+,37+,38+,40-,42-,43+,44+/m0/s1. The van der Waals surface area contributed by atoms with Crippen LogP contribution in [0.15, 0.2) is 0 Å². The number of carbonyl (C=O) groups excluding carboxylic acids is 1. The molecule has 0 radical (unpaired) electrons. The van der Waals surface area contributed by atoms with Crippen LogP contribution in [0.4, 0.5) is 0 Å².